The first-order valence-corrected chi connectivity index (χ1v) is 7.06. The van der Waals surface area contributed by atoms with Crippen molar-refractivity contribution in [3.63, 3.8) is 0 Å². The Hall–Kier alpha value is -2.63. The Morgan fingerprint density at radius 2 is 2.09 bits per heavy atom. The molecule has 2 aromatic rings. The lowest BCUT2D eigenvalue weighted by molar-refractivity contribution is 0.0526. The lowest BCUT2D eigenvalue weighted by atomic mass is 10.1. The van der Waals surface area contributed by atoms with Crippen molar-refractivity contribution in [2.45, 2.75) is 13.8 Å². The van der Waals surface area contributed by atoms with E-state index in [0.29, 0.717) is 29.4 Å². The molecule has 0 atom stereocenters. The molecule has 0 fully saturated rings. The van der Waals surface area contributed by atoms with Crippen molar-refractivity contribution in [1.82, 2.24) is 4.57 Å². The van der Waals surface area contributed by atoms with Crippen molar-refractivity contribution in [1.29, 1.82) is 0 Å². The maximum Gasteiger partial charge on any atom is 0.342 e. The molecular weight excluding hydrogens is 284 g/mol. The number of rotatable bonds is 3. The van der Waals surface area contributed by atoms with Crippen LogP contribution in [-0.4, -0.2) is 23.9 Å². The molecule has 3 rings (SSSR count). The average Bonchev–Trinajstić information content (AvgIpc) is 3.02. The third-order valence-corrected chi connectivity index (χ3v) is 3.85. The summed E-state index contributed by atoms with van der Waals surface area (Å²) in [5, 5.41) is 0. The molecule has 116 valence electrons. The quantitative estimate of drug-likeness (QED) is 0.882. The van der Waals surface area contributed by atoms with E-state index in [9.17, 15) is 4.79 Å². The van der Waals surface area contributed by atoms with Crippen LogP contribution in [0.4, 0.5) is 5.69 Å². The monoisotopic (exact) mass is 302 g/mol. The molecule has 1 aliphatic heterocycles. The number of ether oxygens (including phenoxy) is 3. The van der Waals surface area contributed by atoms with Crippen LogP contribution in [-0.2, 0) is 11.8 Å². The van der Waals surface area contributed by atoms with Gasteiger partial charge in [-0.15, -0.1) is 0 Å². The summed E-state index contributed by atoms with van der Waals surface area (Å²) in [6, 6.07) is 5.60. The van der Waals surface area contributed by atoms with Crippen molar-refractivity contribution in [2.75, 3.05) is 19.1 Å². The standard InChI is InChI=1S/C16H18N2O4/c1-4-20-16(19)13-9(2)18(3)15(14(13)17)10-5-6-11-12(7-10)22-8-21-11/h5-7H,4,8,17H2,1-3H3. The molecule has 1 aliphatic rings. The molecule has 22 heavy (non-hydrogen) atoms. The topological polar surface area (TPSA) is 75.7 Å². The molecule has 2 heterocycles. The second kappa shape index (κ2) is 5.29. The van der Waals surface area contributed by atoms with Crippen LogP contribution in [0, 0.1) is 6.92 Å². The highest BCUT2D eigenvalue weighted by atomic mass is 16.7. The molecule has 0 saturated heterocycles. The minimum atomic E-state index is -0.403. The molecule has 0 saturated carbocycles. The first-order valence-electron chi connectivity index (χ1n) is 7.06. The van der Waals surface area contributed by atoms with Crippen LogP contribution < -0.4 is 15.2 Å². The van der Waals surface area contributed by atoms with Gasteiger partial charge in [-0.2, -0.15) is 0 Å². The lowest BCUT2D eigenvalue weighted by Crippen LogP contribution is -2.08. The molecular formula is C16H18N2O4. The summed E-state index contributed by atoms with van der Waals surface area (Å²) in [7, 11) is 1.87. The zero-order valence-electron chi connectivity index (χ0n) is 12.8. The van der Waals surface area contributed by atoms with Gasteiger partial charge in [0, 0.05) is 18.3 Å². The number of carbonyl (C=O) groups is 1. The molecule has 6 heteroatoms. The molecule has 0 bridgehead atoms. The van der Waals surface area contributed by atoms with E-state index in [4.69, 9.17) is 19.9 Å². The van der Waals surface area contributed by atoms with Crippen molar-refractivity contribution >= 4 is 11.7 Å². The number of nitrogens with two attached hydrogens (primary N) is 1. The molecule has 6 nitrogen and oxygen atoms in total. The van der Waals surface area contributed by atoms with Gasteiger partial charge in [0.05, 0.1) is 18.0 Å². The first kappa shape index (κ1) is 14.3. The van der Waals surface area contributed by atoms with Crippen LogP contribution in [0.25, 0.3) is 11.3 Å². The van der Waals surface area contributed by atoms with E-state index in [0.717, 1.165) is 17.0 Å². The minimum Gasteiger partial charge on any atom is -0.462 e. The van der Waals surface area contributed by atoms with Crippen LogP contribution in [0.1, 0.15) is 23.0 Å². The summed E-state index contributed by atoms with van der Waals surface area (Å²) >= 11 is 0. The number of esters is 1. The van der Waals surface area contributed by atoms with Gasteiger partial charge in [0.25, 0.3) is 0 Å². The fourth-order valence-electron chi connectivity index (χ4n) is 2.68. The van der Waals surface area contributed by atoms with E-state index in [-0.39, 0.29) is 6.79 Å². The number of nitrogen functional groups attached to an aromatic ring is 1. The summed E-state index contributed by atoms with van der Waals surface area (Å²) in [5.74, 6) is 0.979. The maximum atomic E-state index is 12.1. The van der Waals surface area contributed by atoms with E-state index in [1.165, 1.54) is 0 Å². The minimum absolute atomic E-state index is 0.217. The van der Waals surface area contributed by atoms with Crippen LogP contribution >= 0.6 is 0 Å². The predicted octanol–water partition coefficient (Wildman–Crippen LogP) is 2.49. The van der Waals surface area contributed by atoms with Gasteiger partial charge in [0.1, 0.15) is 5.56 Å². The summed E-state index contributed by atoms with van der Waals surface area (Å²) in [5.41, 5.74) is 9.44. The van der Waals surface area contributed by atoms with Gasteiger partial charge in [-0.05, 0) is 32.0 Å². The van der Waals surface area contributed by atoms with E-state index in [1.54, 1.807) is 6.92 Å². The van der Waals surface area contributed by atoms with Gasteiger partial charge in [-0.3, -0.25) is 0 Å². The first-order chi connectivity index (χ1) is 10.5. The second-order valence-electron chi connectivity index (χ2n) is 5.07. The third kappa shape index (κ3) is 2.07. The molecule has 1 aromatic heterocycles. The van der Waals surface area contributed by atoms with Crippen LogP contribution in [0.15, 0.2) is 18.2 Å². The fraction of sp³-hybridized carbons (Fsp3) is 0.312. The fourth-order valence-corrected chi connectivity index (χ4v) is 2.68. The number of fused-ring (bicyclic) bond motifs is 1. The molecule has 0 unspecified atom stereocenters. The summed E-state index contributed by atoms with van der Waals surface area (Å²) in [4.78, 5) is 12.1. The van der Waals surface area contributed by atoms with Crippen molar-refractivity contribution in [3.8, 4) is 22.8 Å². The average molecular weight is 302 g/mol. The molecule has 0 amide bonds. The SMILES string of the molecule is CCOC(=O)c1c(N)c(-c2ccc3c(c2)OCO3)n(C)c1C. The van der Waals surface area contributed by atoms with E-state index < -0.39 is 5.97 Å². The highest BCUT2D eigenvalue weighted by Crippen LogP contribution is 2.39. The molecule has 0 aliphatic carbocycles. The van der Waals surface area contributed by atoms with E-state index in [1.807, 2.05) is 36.7 Å². The number of nitrogens with zero attached hydrogens (tertiary/aromatic N) is 1. The van der Waals surface area contributed by atoms with Gasteiger partial charge in [0.2, 0.25) is 6.79 Å². The number of aromatic nitrogens is 1. The number of hydrogen-bond acceptors (Lipinski definition) is 5. The Kier molecular flexibility index (Phi) is 3.44. The van der Waals surface area contributed by atoms with Crippen molar-refractivity contribution in [3.05, 3.63) is 29.5 Å². The highest BCUT2D eigenvalue weighted by Gasteiger charge is 2.25. The Morgan fingerprint density at radius 1 is 1.36 bits per heavy atom. The van der Waals surface area contributed by atoms with Crippen LogP contribution in [0.2, 0.25) is 0 Å². The van der Waals surface area contributed by atoms with Crippen molar-refractivity contribution < 1.29 is 19.0 Å². The number of carbonyl (C=O) groups excluding carboxylic acids is 1. The zero-order chi connectivity index (χ0) is 15.9. The Morgan fingerprint density at radius 3 is 2.82 bits per heavy atom. The van der Waals surface area contributed by atoms with Gasteiger partial charge >= 0.3 is 5.97 Å². The van der Waals surface area contributed by atoms with Crippen LogP contribution in [0.5, 0.6) is 11.5 Å². The maximum absolute atomic E-state index is 12.1. The highest BCUT2D eigenvalue weighted by molar-refractivity contribution is 6.01. The van der Waals surface area contributed by atoms with E-state index in [2.05, 4.69) is 0 Å². The normalized spacial score (nSPS) is 12.5. The van der Waals surface area contributed by atoms with Gasteiger partial charge in [-0.25, -0.2) is 4.79 Å². The van der Waals surface area contributed by atoms with E-state index >= 15 is 0 Å². The largest absolute Gasteiger partial charge is 0.462 e. The Labute approximate surface area is 128 Å². The number of benzene rings is 1. The number of hydrogen-bond donors (Lipinski definition) is 1. The van der Waals surface area contributed by atoms with Gasteiger partial charge < -0.3 is 24.5 Å². The number of anilines is 1. The molecule has 1 aromatic carbocycles. The molecule has 0 radical (unpaired) electrons. The smallest absolute Gasteiger partial charge is 0.342 e. The van der Waals surface area contributed by atoms with Gasteiger partial charge in [0.15, 0.2) is 11.5 Å². The zero-order valence-corrected chi connectivity index (χ0v) is 12.8. The summed E-state index contributed by atoms with van der Waals surface area (Å²) in [6.45, 7) is 4.14. The summed E-state index contributed by atoms with van der Waals surface area (Å²) < 4.78 is 17.7. The molecule has 2 N–H and O–H groups in total. The summed E-state index contributed by atoms with van der Waals surface area (Å²) in [6.07, 6.45) is 0. The van der Waals surface area contributed by atoms with Crippen LogP contribution in [0.3, 0.4) is 0 Å². The third-order valence-electron chi connectivity index (χ3n) is 3.85. The Balaban J connectivity index is 2.12. The second-order valence-corrected chi connectivity index (χ2v) is 5.07. The van der Waals surface area contributed by atoms with Gasteiger partial charge in [-0.1, -0.05) is 0 Å². The lowest BCUT2D eigenvalue weighted by Gasteiger charge is -2.07. The Bertz CT molecular complexity index is 749. The molecule has 0 spiro atoms. The van der Waals surface area contributed by atoms with Crippen molar-refractivity contribution in [2.24, 2.45) is 7.05 Å². The predicted molar refractivity (Wildman–Crippen MR) is 82.1 cm³/mol.